The minimum atomic E-state index is -1.63. The van der Waals surface area contributed by atoms with Gasteiger partial charge >= 0.3 is 5.97 Å². The highest BCUT2D eigenvalue weighted by Crippen LogP contribution is 2.48. The van der Waals surface area contributed by atoms with Gasteiger partial charge in [0.15, 0.2) is 0 Å². The van der Waals surface area contributed by atoms with E-state index in [1.807, 2.05) is 97.1 Å². The number of ether oxygens (including phenoxy) is 1. The Kier molecular flexibility index (Phi) is 6.14. The summed E-state index contributed by atoms with van der Waals surface area (Å²) < 4.78 is 5.44. The number of anilines is 1. The zero-order valence-electron chi connectivity index (χ0n) is 17.8. The van der Waals surface area contributed by atoms with E-state index in [4.69, 9.17) is 9.84 Å². The van der Waals surface area contributed by atoms with Gasteiger partial charge in [0.25, 0.3) is 0 Å². The van der Waals surface area contributed by atoms with Crippen molar-refractivity contribution in [1.82, 2.24) is 0 Å². The van der Waals surface area contributed by atoms with Crippen LogP contribution in [-0.4, -0.2) is 18.3 Å². The third kappa shape index (κ3) is 3.79. The second-order valence-electron chi connectivity index (χ2n) is 7.36. The summed E-state index contributed by atoms with van der Waals surface area (Å²) in [5.41, 5.74) is 1.25. The van der Waals surface area contributed by atoms with Gasteiger partial charge in [-0.3, -0.25) is 5.01 Å². The molecule has 0 radical (unpaired) electrons. The Morgan fingerprint density at radius 3 is 2.19 bits per heavy atom. The fourth-order valence-electron chi connectivity index (χ4n) is 3.92. The summed E-state index contributed by atoms with van der Waals surface area (Å²) in [5, 5.41) is 17.0. The molecule has 2 unspecified atom stereocenters. The first kappa shape index (κ1) is 21.1. The first-order valence-electron chi connectivity index (χ1n) is 10.5. The van der Waals surface area contributed by atoms with Gasteiger partial charge in [0.1, 0.15) is 6.04 Å². The van der Waals surface area contributed by atoms with E-state index in [9.17, 15) is 10.1 Å². The molecule has 0 amide bonds. The second kappa shape index (κ2) is 9.32. The maximum Gasteiger partial charge on any atom is 0.335 e. The predicted octanol–water partition coefficient (Wildman–Crippen LogP) is 5.39. The van der Waals surface area contributed by atoms with E-state index in [1.165, 1.54) is 0 Å². The molecule has 0 saturated heterocycles. The molecule has 0 saturated carbocycles. The molecule has 32 heavy (non-hydrogen) atoms. The smallest absolute Gasteiger partial charge is 0.335 e. The van der Waals surface area contributed by atoms with Crippen molar-refractivity contribution in [1.29, 1.82) is 5.26 Å². The fraction of sp³-hybridized carbons (Fsp3) is 0.148. The Hall–Kier alpha value is -4.17. The van der Waals surface area contributed by atoms with E-state index in [2.05, 4.69) is 6.07 Å². The number of benzene rings is 3. The van der Waals surface area contributed by atoms with Gasteiger partial charge in [0.2, 0.25) is 5.41 Å². The lowest BCUT2D eigenvalue weighted by atomic mass is 9.74. The molecule has 1 aliphatic rings. The van der Waals surface area contributed by atoms with E-state index < -0.39 is 17.4 Å². The average Bonchev–Trinajstić information content (AvgIpc) is 3.20. The first-order chi connectivity index (χ1) is 15.7. The van der Waals surface area contributed by atoms with E-state index >= 15 is 0 Å². The highest BCUT2D eigenvalue weighted by Gasteiger charge is 2.59. The number of hydrazone groups is 1. The fourth-order valence-corrected chi connectivity index (χ4v) is 3.92. The molecule has 0 bridgehead atoms. The summed E-state index contributed by atoms with van der Waals surface area (Å²) in [4.78, 5) is 13.4. The lowest BCUT2D eigenvalue weighted by Gasteiger charge is -2.32. The molecule has 4 rings (SSSR count). The van der Waals surface area contributed by atoms with Crippen molar-refractivity contribution < 1.29 is 9.53 Å². The Labute approximate surface area is 187 Å². The van der Waals surface area contributed by atoms with Gasteiger partial charge in [0, 0.05) is 0 Å². The Morgan fingerprint density at radius 2 is 1.59 bits per heavy atom. The van der Waals surface area contributed by atoms with Crippen molar-refractivity contribution in [2.75, 3.05) is 11.6 Å². The molecule has 5 nitrogen and oxygen atoms in total. The summed E-state index contributed by atoms with van der Waals surface area (Å²) in [6.07, 6.45) is 3.61. The Balaban J connectivity index is 1.91. The number of carbonyl (C=O) groups is 1. The number of rotatable bonds is 6. The Morgan fingerprint density at radius 1 is 1.00 bits per heavy atom. The van der Waals surface area contributed by atoms with Crippen molar-refractivity contribution >= 4 is 23.4 Å². The third-order valence-corrected chi connectivity index (χ3v) is 5.42. The normalized spacial score (nSPS) is 20.1. The third-order valence-electron chi connectivity index (χ3n) is 5.42. The van der Waals surface area contributed by atoms with Crippen LogP contribution in [0.1, 0.15) is 24.1 Å². The van der Waals surface area contributed by atoms with Crippen LogP contribution in [-0.2, 0) is 9.53 Å². The van der Waals surface area contributed by atoms with Crippen LogP contribution in [0.3, 0.4) is 0 Å². The number of hydrogen-bond acceptors (Lipinski definition) is 5. The number of para-hydroxylation sites is 1. The van der Waals surface area contributed by atoms with Crippen LogP contribution >= 0.6 is 0 Å². The molecule has 0 aliphatic carbocycles. The van der Waals surface area contributed by atoms with Crippen molar-refractivity contribution in [2.45, 2.75) is 13.0 Å². The van der Waals surface area contributed by atoms with Crippen LogP contribution in [0.25, 0.3) is 6.08 Å². The van der Waals surface area contributed by atoms with E-state index in [0.717, 1.165) is 16.8 Å². The number of hydrogen-bond donors (Lipinski definition) is 0. The minimum Gasteiger partial charge on any atom is -0.464 e. The monoisotopic (exact) mass is 421 g/mol. The van der Waals surface area contributed by atoms with Gasteiger partial charge in [0.05, 0.1) is 24.1 Å². The topological polar surface area (TPSA) is 65.7 Å². The molecule has 0 spiro atoms. The number of allylic oxidation sites excluding steroid dienone is 1. The van der Waals surface area contributed by atoms with E-state index in [0.29, 0.717) is 5.71 Å². The predicted molar refractivity (Wildman–Crippen MR) is 126 cm³/mol. The largest absolute Gasteiger partial charge is 0.464 e. The van der Waals surface area contributed by atoms with Gasteiger partial charge in [-0.2, -0.15) is 10.4 Å². The molecule has 3 aromatic carbocycles. The van der Waals surface area contributed by atoms with Gasteiger partial charge in [-0.25, -0.2) is 4.79 Å². The molecular formula is C27H23N3O2. The lowest BCUT2D eigenvalue weighted by molar-refractivity contribution is -0.149. The molecule has 5 heteroatoms. The summed E-state index contributed by atoms with van der Waals surface area (Å²) in [5.74, 6) is -0.605. The van der Waals surface area contributed by atoms with E-state index in [1.54, 1.807) is 18.0 Å². The molecule has 1 aliphatic heterocycles. The second-order valence-corrected chi connectivity index (χ2v) is 7.36. The van der Waals surface area contributed by atoms with Crippen LogP contribution in [0.15, 0.2) is 102 Å². The molecule has 158 valence electrons. The quantitative estimate of drug-likeness (QED) is 0.501. The maximum atomic E-state index is 13.4. The van der Waals surface area contributed by atoms with E-state index in [-0.39, 0.29) is 6.61 Å². The van der Waals surface area contributed by atoms with Gasteiger partial charge < -0.3 is 4.74 Å². The Bertz CT molecular complexity index is 1170. The SMILES string of the molecule is CCOC(=O)C1(C#N)C(/C=C/c2ccccc2)=NN(c2ccccc2)C1c1ccccc1. The lowest BCUT2D eigenvalue weighted by Crippen LogP contribution is -2.44. The van der Waals surface area contributed by atoms with Crippen molar-refractivity contribution in [3.8, 4) is 6.07 Å². The molecule has 1 heterocycles. The average molecular weight is 422 g/mol. The first-order valence-corrected chi connectivity index (χ1v) is 10.5. The molecule has 0 N–H and O–H groups in total. The van der Waals surface area contributed by atoms with Crippen LogP contribution in [0.4, 0.5) is 5.69 Å². The highest BCUT2D eigenvalue weighted by molar-refractivity contribution is 6.19. The summed E-state index contributed by atoms with van der Waals surface area (Å²) >= 11 is 0. The number of nitrogens with zero attached hydrogens (tertiary/aromatic N) is 3. The summed E-state index contributed by atoms with van der Waals surface area (Å²) in [6.45, 7) is 1.91. The number of carbonyl (C=O) groups excluding carboxylic acids is 1. The van der Waals surface area contributed by atoms with Crippen LogP contribution in [0.2, 0.25) is 0 Å². The van der Waals surface area contributed by atoms with Crippen LogP contribution < -0.4 is 5.01 Å². The molecule has 0 fully saturated rings. The van der Waals surface area contributed by atoms with Crippen molar-refractivity contribution in [3.05, 3.63) is 108 Å². The van der Waals surface area contributed by atoms with Gasteiger partial charge in [-0.15, -0.1) is 0 Å². The zero-order valence-corrected chi connectivity index (χ0v) is 17.8. The number of esters is 1. The van der Waals surface area contributed by atoms with Crippen molar-refractivity contribution in [2.24, 2.45) is 10.5 Å². The van der Waals surface area contributed by atoms with Gasteiger partial charge in [-0.05, 0) is 36.3 Å². The zero-order chi connectivity index (χ0) is 22.4. The standard InChI is InChI=1S/C27H23N3O2/c1-2-32-26(31)27(20-28)24(19-18-21-12-6-3-7-13-21)29-30(23-16-10-5-11-17-23)25(27)22-14-8-4-9-15-22/h3-19,25H,2H2,1H3/b19-18+. The molecule has 2 atom stereocenters. The maximum absolute atomic E-state index is 13.4. The van der Waals surface area contributed by atoms with Gasteiger partial charge in [-0.1, -0.05) is 84.9 Å². The molecule has 3 aromatic rings. The number of nitriles is 1. The van der Waals surface area contributed by atoms with Crippen molar-refractivity contribution in [3.63, 3.8) is 0 Å². The summed E-state index contributed by atoms with van der Waals surface area (Å²) in [6, 6.07) is 30.4. The molecular weight excluding hydrogens is 398 g/mol. The summed E-state index contributed by atoms with van der Waals surface area (Å²) in [7, 11) is 0. The molecule has 0 aromatic heterocycles. The minimum absolute atomic E-state index is 0.171. The highest BCUT2D eigenvalue weighted by atomic mass is 16.5. The van der Waals surface area contributed by atoms with Crippen LogP contribution in [0.5, 0.6) is 0 Å². The van der Waals surface area contributed by atoms with Crippen LogP contribution in [0, 0.1) is 16.7 Å².